The average molecular weight is 328 g/mol. The zero-order valence-corrected chi connectivity index (χ0v) is 12.8. The van der Waals surface area contributed by atoms with E-state index in [4.69, 9.17) is 14.2 Å². The predicted molar refractivity (Wildman–Crippen MR) is 86.1 cm³/mol. The third-order valence-corrected chi connectivity index (χ3v) is 3.22. The fourth-order valence-electron chi connectivity index (χ4n) is 2.07. The van der Waals surface area contributed by atoms with E-state index < -0.39 is 0 Å². The van der Waals surface area contributed by atoms with Crippen molar-refractivity contribution >= 4 is 17.5 Å². The second-order valence-corrected chi connectivity index (χ2v) is 4.99. The minimum absolute atomic E-state index is 0.147. The van der Waals surface area contributed by atoms with Crippen LogP contribution in [0.4, 0.5) is 5.69 Å². The Morgan fingerprint density at radius 3 is 2.62 bits per heavy atom. The molecule has 0 aliphatic carbocycles. The molecule has 124 valence electrons. The number of fused-ring (bicyclic) bond motifs is 1. The van der Waals surface area contributed by atoms with E-state index in [1.807, 2.05) is 18.2 Å². The second-order valence-electron chi connectivity index (χ2n) is 4.99. The Kier molecular flexibility index (Phi) is 4.81. The summed E-state index contributed by atoms with van der Waals surface area (Å²) in [6.45, 7) is -0.128. The van der Waals surface area contributed by atoms with Crippen molar-refractivity contribution in [3.05, 3.63) is 48.5 Å². The maximum atomic E-state index is 11.9. The van der Waals surface area contributed by atoms with Crippen LogP contribution in [0.1, 0.15) is 0 Å². The molecule has 2 aromatic carbocycles. The number of nitrogens with one attached hydrogen (secondary N) is 2. The lowest BCUT2D eigenvalue weighted by atomic mass is 10.3. The van der Waals surface area contributed by atoms with E-state index in [9.17, 15) is 9.59 Å². The van der Waals surface area contributed by atoms with Gasteiger partial charge in [0.05, 0.1) is 6.54 Å². The molecule has 0 atom stereocenters. The van der Waals surface area contributed by atoms with Gasteiger partial charge in [0.25, 0.3) is 5.91 Å². The summed E-state index contributed by atoms with van der Waals surface area (Å²) in [6, 6.07) is 14.1. The number of hydrogen-bond donors (Lipinski definition) is 2. The number of anilines is 1. The van der Waals surface area contributed by atoms with Crippen LogP contribution in [0, 0.1) is 0 Å². The normalized spacial score (nSPS) is 11.7. The number of hydrogen-bond acceptors (Lipinski definition) is 5. The highest BCUT2D eigenvalue weighted by molar-refractivity contribution is 5.95. The predicted octanol–water partition coefficient (Wildman–Crippen LogP) is 1.55. The third-order valence-electron chi connectivity index (χ3n) is 3.22. The summed E-state index contributed by atoms with van der Waals surface area (Å²) in [4.78, 5) is 23.5. The zero-order valence-electron chi connectivity index (χ0n) is 12.8. The molecule has 7 heteroatoms. The van der Waals surface area contributed by atoms with Crippen molar-refractivity contribution in [1.29, 1.82) is 0 Å². The Hall–Kier alpha value is -3.22. The molecule has 2 aromatic rings. The largest absolute Gasteiger partial charge is 0.484 e. The molecule has 1 heterocycles. The van der Waals surface area contributed by atoms with Crippen LogP contribution in [0.25, 0.3) is 0 Å². The van der Waals surface area contributed by atoms with Gasteiger partial charge in [0.2, 0.25) is 12.7 Å². The van der Waals surface area contributed by atoms with Crippen LogP contribution < -0.4 is 24.8 Å². The Balaban J connectivity index is 1.41. The third kappa shape index (κ3) is 4.16. The van der Waals surface area contributed by atoms with Crippen molar-refractivity contribution in [1.82, 2.24) is 5.32 Å². The van der Waals surface area contributed by atoms with Gasteiger partial charge in [0.15, 0.2) is 18.1 Å². The lowest BCUT2D eigenvalue weighted by molar-refractivity contribution is -0.125. The zero-order chi connectivity index (χ0) is 16.8. The van der Waals surface area contributed by atoms with Crippen LogP contribution in [0.2, 0.25) is 0 Å². The topological polar surface area (TPSA) is 85.9 Å². The average Bonchev–Trinajstić information content (AvgIpc) is 3.07. The number of carbonyl (C=O) groups is 2. The molecule has 3 rings (SSSR count). The number of carbonyl (C=O) groups excluding carboxylic acids is 2. The van der Waals surface area contributed by atoms with Crippen LogP contribution in [-0.4, -0.2) is 31.8 Å². The van der Waals surface area contributed by atoms with Crippen molar-refractivity contribution in [2.75, 3.05) is 25.3 Å². The van der Waals surface area contributed by atoms with Gasteiger partial charge in [-0.2, -0.15) is 0 Å². The lowest BCUT2D eigenvalue weighted by Crippen LogP contribution is -2.35. The molecule has 0 fully saturated rings. The second kappa shape index (κ2) is 7.36. The van der Waals surface area contributed by atoms with Crippen molar-refractivity contribution < 1.29 is 23.8 Å². The van der Waals surface area contributed by atoms with Crippen molar-refractivity contribution in [3.8, 4) is 17.2 Å². The Morgan fingerprint density at radius 2 is 1.79 bits per heavy atom. The molecule has 7 nitrogen and oxygen atoms in total. The van der Waals surface area contributed by atoms with Gasteiger partial charge in [-0.25, -0.2) is 0 Å². The molecular weight excluding hydrogens is 312 g/mol. The number of benzene rings is 2. The first kappa shape index (κ1) is 15.7. The van der Waals surface area contributed by atoms with Crippen LogP contribution >= 0.6 is 0 Å². The molecule has 2 N–H and O–H groups in total. The molecule has 1 aliphatic heterocycles. The SMILES string of the molecule is O=C(COc1ccccc1)NCC(=O)Nc1ccc2c(c1)OCO2. The maximum absolute atomic E-state index is 11.9. The first-order valence-electron chi connectivity index (χ1n) is 7.35. The highest BCUT2D eigenvalue weighted by Gasteiger charge is 2.14. The first-order chi connectivity index (χ1) is 11.7. The molecule has 2 amide bonds. The fourth-order valence-corrected chi connectivity index (χ4v) is 2.07. The highest BCUT2D eigenvalue weighted by atomic mass is 16.7. The molecule has 0 unspecified atom stereocenters. The summed E-state index contributed by atoms with van der Waals surface area (Å²) >= 11 is 0. The van der Waals surface area contributed by atoms with E-state index in [0.717, 1.165) is 0 Å². The van der Waals surface area contributed by atoms with Gasteiger partial charge in [-0.1, -0.05) is 18.2 Å². The van der Waals surface area contributed by atoms with Gasteiger partial charge in [-0.05, 0) is 24.3 Å². The van der Waals surface area contributed by atoms with Crippen molar-refractivity contribution in [2.24, 2.45) is 0 Å². The van der Waals surface area contributed by atoms with Crippen molar-refractivity contribution in [2.45, 2.75) is 0 Å². The quantitative estimate of drug-likeness (QED) is 0.840. The molecule has 1 aliphatic rings. The molecule has 0 radical (unpaired) electrons. The van der Waals surface area contributed by atoms with E-state index in [0.29, 0.717) is 22.9 Å². The minimum Gasteiger partial charge on any atom is -0.484 e. The summed E-state index contributed by atoms with van der Waals surface area (Å²) in [5.41, 5.74) is 0.569. The van der Waals surface area contributed by atoms with Crippen LogP contribution in [0.3, 0.4) is 0 Å². The molecule has 0 bridgehead atoms. The Bertz CT molecular complexity index is 733. The molecule has 0 saturated carbocycles. The fraction of sp³-hybridized carbons (Fsp3) is 0.176. The first-order valence-corrected chi connectivity index (χ1v) is 7.35. The molecule has 0 saturated heterocycles. The molecule has 0 spiro atoms. The van der Waals surface area contributed by atoms with Gasteiger partial charge in [0, 0.05) is 11.8 Å². The van der Waals surface area contributed by atoms with Gasteiger partial charge in [-0.3, -0.25) is 9.59 Å². The number of para-hydroxylation sites is 1. The molecule has 24 heavy (non-hydrogen) atoms. The van der Waals surface area contributed by atoms with E-state index in [-0.39, 0.29) is 31.8 Å². The Morgan fingerprint density at radius 1 is 1.00 bits per heavy atom. The van der Waals surface area contributed by atoms with Gasteiger partial charge in [0.1, 0.15) is 5.75 Å². The van der Waals surface area contributed by atoms with Gasteiger partial charge in [-0.15, -0.1) is 0 Å². The van der Waals surface area contributed by atoms with Crippen molar-refractivity contribution in [3.63, 3.8) is 0 Å². The van der Waals surface area contributed by atoms with E-state index in [2.05, 4.69) is 10.6 Å². The summed E-state index contributed by atoms with van der Waals surface area (Å²) in [7, 11) is 0. The number of ether oxygens (including phenoxy) is 3. The van der Waals surface area contributed by atoms with Crippen LogP contribution in [-0.2, 0) is 9.59 Å². The van der Waals surface area contributed by atoms with Crippen LogP contribution in [0.5, 0.6) is 17.2 Å². The summed E-state index contributed by atoms with van der Waals surface area (Å²) < 4.78 is 15.7. The summed E-state index contributed by atoms with van der Waals surface area (Å²) in [5.74, 6) is 1.09. The van der Waals surface area contributed by atoms with E-state index >= 15 is 0 Å². The number of rotatable bonds is 6. The lowest BCUT2D eigenvalue weighted by Gasteiger charge is -2.08. The summed E-state index contributed by atoms with van der Waals surface area (Å²) in [6.07, 6.45) is 0. The maximum Gasteiger partial charge on any atom is 0.258 e. The van der Waals surface area contributed by atoms with Gasteiger partial charge >= 0.3 is 0 Å². The standard InChI is InChI=1S/C17H16N2O5/c20-16(19-12-6-7-14-15(8-12)24-11-23-14)9-18-17(21)10-22-13-4-2-1-3-5-13/h1-8H,9-11H2,(H,18,21)(H,19,20). The molecule has 0 aromatic heterocycles. The monoisotopic (exact) mass is 328 g/mol. The van der Waals surface area contributed by atoms with E-state index in [1.54, 1.807) is 30.3 Å². The van der Waals surface area contributed by atoms with E-state index in [1.165, 1.54) is 0 Å². The number of amides is 2. The van der Waals surface area contributed by atoms with Crippen LogP contribution in [0.15, 0.2) is 48.5 Å². The highest BCUT2D eigenvalue weighted by Crippen LogP contribution is 2.34. The minimum atomic E-state index is -0.375. The smallest absolute Gasteiger partial charge is 0.258 e. The summed E-state index contributed by atoms with van der Waals surface area (Å²) in [5, 5.41) is 5.16. The Labute approximate surface area is 138 Å². The van der Waals surface area contributed by atoms with Gasteiger partial charge < -0.3 is 24.8 Å². The molecular formula is C17H16N2O5.